The molecule has 0 radical (unpaired) electrons. The van der Waals surface area contributed by atoms with Gasteiger partial charge in [-0.3, -0.25) is 14.9 Å². The molecule has 1 aliphatic rings. The first-order valence-corrected chi connectivity index (χ1v) is 11.2. The zero-order chi connectivity index (χ0) is 23.7. The van der Waals surface area contributed by atoms with E-state index in [0.717, 1.165) is 32.4 Å². The molecule has 2 aromatic heterocycles. The highest BCUT2D eigenvalue weighted by molar-refractivity contribution is 6.34. The molecule has 3 heterocycles. The van der Waals surface area contributed by atoms with Crippen molar-refractivity contribution in [1.82, 2.24) is 9.97 Å². The zero-order valence-electron chi connectivity index (χ0n) is 18.0. The summed E-state index contributed by atoms with van der Waals surface area (Å²) in [6.07, 6.45) is 4.72. The lowest BCUT2D eigenvalue weighted by Gasteiger charge is -2.28. The summed E-state index contributed by atoms with van der Waals surface area (Å²) < 4.78 is 5.74. The van der Waals surface area contributed by atoms with Gasteiger partial charge in [-0.25, -0.2) is 4.98 Å². The number of halogens is 1. The van der Waals surface area contributed by atoms with E-state index in [1.165, 1.54) is 6.07 Å². The van der Waals surface area contributed by atoms with Crippen molar-refractivity contribution >= 4 is 45.8 Å². The average Bonchev–Trinajstić information content (AvgIpc) is 3.30. The minimum atomic E-state index is -0.508. The van der Waals surface area contributed by atoms with Crippen LogP contribution in [-0.2, 0) is 0 Å². The molecule has 1 aliphatic heterocycles. The van der Waals surface area contributed by atoms with Crippen molar-refractivity contribution in [3.63, 3.8) is 0 Å². The summed E-state index contributed by atoms with van der Waals surface area (Å²) >= 11 is 6.31. The second kappa shape index (κ2) is 9.11. The lowest BCUT2D eigenvalue weighted by atomic mass is 10.1. The number of piperidine rings is 1. The highest BCUT2D eigenvalue weighted by atomic mass is 35.5. The van der Waals surface area contributed by atoms with Crippen LogP contribution in [0.5, 0.6) is 0 Å². The number of nitrogens with one attached hydrogen (secondary N) is 1. The first kappa shape index (κ1) is 21.8. The molecule has 5 rings (SSSR count). The van der Waals surface area contributed by atoms with E-state index >= 15 is 0 Å². The number of carbonyl (C=O) groups excluding carboxylic acids is 1. The molecule has 0 atom stereocenters. The summed E-state index contributed by atoms with van der Waals surface area (Å²) in [5, 5.41) is 14.8. The van der Waals surface area contributed by atoms with Gasteiger partial charge >= 0.3 is 0 Å². The SMILES string of the molecule is O=C(Nc1cc(-c2nc3ncccc3o2)ccc1Cl)c1ccc(N2CCCCC2)c([N+](=O)[O-])c1. The van der Waals surface area contributed by atoms with Crippen LogP contribution < -0.4 is 10.2 Å². The van der Waals surface area contributed by atoms with Gasteiger partial charge in [0.1, 0.15) is 5.69 Å². The van der Waals surface area contributed by atoms with Crippen LogP contribution in [0.15, 0.2) is 59.1 Å². The normalized spacial score (nSPS) is 13.7. The van der Waals surface area contributed by atoms with Gasteiger partial charge in [0.05, 0.1) is 15.6 Å². The quantitative estimate of drug-likeness (QED) is 0.290. The summed E-state index contributed by atoms with van der Waals surface area (Å²) in [6, 6.07) is 13.0. The molecule has 0 spiro atoms. The van der Waals surface area contributed by atoms with Crippen LogP contribution in [0.25, 0.3) is 22.7 Å². The fourth-order valence-electron chi connectivity index (χ4n) is 4.05. The van der Waals surface area contributed by atoms with Crippen LogP contribution in [-0.4, -0.2) is 33.9 Å². The standard InChI is InChI=1S/C24H20ClN5O4/c25-17-8-6-16(24-28-22-21(34-24)5-4-10-26-22)13-18(17)27-23(31)15-7-9-19(20(14-15)30(32)33)29-11-2-1-3-12-29/h4-10,13-14H,1-3,11-12H2,(H,27,31). The molecule has 4 aromatic rings. The molecule has 1 saturated heterocycles. The molecule has 0 saturated carbocycles. The van der Waals surface area contributed by atoms with Crippen LogP contribution >= 0.6 is 11.6 Å². The lowest BCUT2D eigenvalue weighted by Crippen LogP contribution is -2.30. The van der Waals surface area contributed by atoms with Crippen molar-refractivity contribution in [1.29, 1.82) is 0 Å². The van der Waals surface area contributed by atoms with Crippen molar-refractivity contribution in [2.24, 2.45) is 0 Å². The summed E-state index contributed by atoms with van der Waals surface area (Å²) in [6.45, 7) is 1.53. The van der Waals surface area contributed by atoms with Gasteiger partial charge in [-0.05, 0) is 61.7 Å². The third-order valence-corrected chi connectivity index (χ3v) is 6.09. The predicted molar refractivity (Wildman–Crippen MR) is 129 cm³/mol. The number of hydrogen-bond donors (Lipinski definition) is 1. The fourth-order valence-corrected chi connectivity index (χ4v) is 4.22. The topological polar surface area (TPSA) is 114 Å². The van der Waals surface area contributed by atoms with Gasteiger partial charge < -0.3 is 14.6 Å². The third-order valence-electron chi connectivity index (χ3n) is 5.76. The number of oxazole rings is 1. The number of amides is 1. The number of pyridine rings is 1. The Morgan fingerprint density at radius 3 is 2.71 bits per heavy atom. The third kappa shape index (κ3) is 4.29. The van der Waals surface area contributed by atoms with Gasteiger partial charge in [-0.15, -0.1) is 0 Å². The Kier molecular flexibility index (Phi) is 5.85. The van der Waals surface area contributed by atoms with E-state index in [1.807, 2.05) is 4.90 Å². The molecule has 34 heavy (non-hydrogen) atoms. The first-order valence-electron chi connectivity index (χ1n) is 10.9. The van der Waals surface area contributed by atoms with Crippen LogP contribution in [0.4, 0.5) is 17.1 Å². The van der Waals surface area contributed by atoms with Crippen LogP contribution in [0.2, 0.25) is 5.02 Å². The predicted octanol–water partition coefficient (Wildman–Crippen LogP) is 5.69. The molecular formula is C24H20ClN5O4. The van der Waals surface area contributed by atoms with E-state index in [0.29, 0.717) is 39.1 Å². The maximum Gasteiger partial charge on any atom is 0.293 e. The Morgan fingerprint density at radius 1 is 1.12 bits per heavy atom. The van der Waals surface area contributed by atoms with Crippen LogP contribution in [0, 0.1) is 10.1 Å². The molecule has 10 heteroatoms. The average molecular weight is 478 g/mol. The fraction of sp³-hybridized carbons (Fsp3) is 0.208. The number of rotatable bonds is 5. The number of aromatic nitrogens is 2. The zero-order valence-corrected chi connectivity index (χ0v) is 18.8. The number of anilines is 2. The molecular weight excluding hydrogens is 458 g/mol. The number of nitro benzene ring substituents is 1. The Hall–Kier alpha value is -3.98. The van der Waals surface area contributed by atoms with Crippen LogP contribution in [0.1, 0.15) is 29.6 Å². The Morgan fingerprint density at radius 2 is 1.94 bits per heavy atom. The molecule has 1 amide bonds. The Balaban J connectivity index is 1.42. The van der Waals surface area contributed by atoms with Crippen molar-refractivity contribution in [3.8, 4) is 11.5 Å². The van der Waals surface area contributed by atoms with E-state index in [2.05, 4.69) is 15.3 Å². The molecule has 2 aromatic carbocycles. The van der Waals surface area contributed by atoms with Crippen LogP contribution in [0.3, 0.4) is 0 Å². The second-order valence-corrected chi connectivity index (χ2v) is 8.41. The van der Waals surface area contributed by atoms with E-state index in [4.69, 9.17) is 16.0 Å². The van der Waals surface area contributed by atoms with E-state index in [1.54, 1.807) is 48.7 Å². The number of benzene rings is 2. The number of nitrogens with zero attached hydrogens (tertiary/aromatic N) is 4. The van der Waals surface area contributed by atoms with Crippen molar-refractivity contribution < 1.29 is 14.1 Å². The first-order chi connectivity index (χ1) is 16.5. The molecule has 9 nitrogen and oxygen atoms in total. The number of carbonyl (C=O) groups is 1. The van der Waals surface area contributed by atoms with Crippen molar-refractivity contribution in [2.45, 2.75) is 19.3 Å². The Labute approximate surface area is 199 Å². The van der Waals surface area contributed by atoms with Crippen molar-refractivity contribution in [2.75, 3.05) is 23.3 Å². The minimum Gasteiger partial charge on any atom is -0.434 e. The molecule has 0 aliphatic carbocycles. The molecule has 172 valence electrons. The lowest BCUT2D eigenvalue weighted by molar-refractivity contribution is -0.384. The molecule has 0 bridgehead atoms. The highest BCUT2D eigenvalue weighted by Crippen LogP contribution is 2.33. The molecule has 0 unspecified atom stereocenters. The maximum absolute atomic E-state index is 13.0. The largest absolute Gasteiger partial charge is 0.434 e. The second-order valence-electron chi connectivity index (χ2n) is 8.00. The Bertz CT molecular complexity index is 1360. The van der Waals surface area contributed by atoms with Gasteiger partial charge in [-0.1, -0.05) is 11.6 Å². The maximum atomic E-state index is 13.0. The minimum absolute atomic E-state index is 0.0895. The monoisotopic (exact) mass is 477 g/mol. The van der Waals surface area contributed by atoms with Gasteiger partial charge in [0.25, 0.3) is 11.6 Å². The number of nitro groups is 1. The highest BCUT2D eigenvalue weighted by Gasteiger charge is 2.23. The van der Waals surface area contributed by atoms with E-state index in [9.17, 15) is 14.9 Å². The van der Waals surface area contributed by atoms with Gasteiger partial charge in [-0.2, -0.15) is 4.98 Å². The van der Waals surface area contributed by atoms with E-state index < -0.39 is 10.8 Å². The van der Waals surface area contributed by atoms with Gasteiger partial charge in [0, 0.05) is 36.5 Å². The molecule has 1 N–H and O–H groups in total. The smallest absolute Gasteiger partial charge is 0.293 e. The summed E-state index contributed by atoms with van der Waals surface area (Å²) in [7, 11) is 0. The number of fused-ring (bicyclic) bond motifs is 1. The van der Waals surface area contributed by atoms with Crippen molar-refractivity contribution in [3.05, 3.63) is 75.4 Å². The van der Waals surface area contributed by atoms with E-state index in [-0.39, 0.29) is 11.3 Å². The summed E-state index contributed by atoms with van der Waals surface area (Å²) in [5.74, 6) is -0.172. The number of hydrogen-bond acceptors (Lipinski definition) is 7. The molecule has 1 fully saturated rings. The summed E-state index contributed by atoms with van der Waals surface area (Å²) in [4.78, 5) is 34.8. The van der Waals surface area contributed by atoms with Gasteiger partial charge in [0.2, 0.25) is 5.89 Å². The van der Waals surface area contributed by atoms with Gasteiger partial charge in [0.15, 0.2) is 11.2 Å². The summed E-state index contributed by atoms with van der Waals surface area (Å²) in [5.41, 5.74) is 2.56.